The Morgan fingerprint density at radius 1 is 1.43 bits per heavy atom. The third-order valence-corrected chi connectivity index (χ3v) is 3.49. The third kappa shape index (κ3) is 3.32. The first kappa shape index (κ1) is 16.9. The van der Waals surface area contributed by atoms with Gasteiger partial charge in [-0.3, -0.25) is 0 Å². The SMILES string of the molecule is COCCCOC(=O)c1cnn2c(C#N)c(C)nc2c1C(C)C. The molecular weight excluding hydrogens is 296 g/mol. The van der Waals surface area contributed by atoms with E-state index < -0.39 is 5.97 Å². The van der Waals surface area contributed by atoms with Crippen molar-refractivity contribution >= 4 is 11.6 Å². The van der Waals surface area contributed by atoms with Crippen molar-refractivity contribution in [3.8, 4) is 6.07 Å². The number of hydrogen-bond acceptors (Lipinski definition) is 6. The van der Waals surface area contributed by atoms with Crippen molar-refractivity contribution in [2.45, 2.75) is 33.1 Å². The minimum Gasteiger partial charge on any atom is -0.462 e. The zero-order valence-corrected chi connectivity index (χ0v) is 13.8. The summed E-state index contributed by atoms with van der Waals surface area (Å²) in [5, 5.41) is 13.4. The van der Waals surface area contributed by atoms with Gasteiger partial charge < -0.3 is 9.47 Å². The van der Waals surface area contributed by atoms with E-state index in [0.29, 0.717) is 35.6 Å². The van der Waals surface area contributed by atoms with Crippen molar-refractivity contribution in [1.82, 2.24) is 14.6 Å². The van der Waals surface area contributed by atoms with Crippen LogP contribution in [0.2, 0.25) is 0 Å². The normalized spacial score (nSPS) is 11.0. The molecule has 0 radical (unpaired) electrons. The van der Waals surface area contributed by atoms with Crippen molar-refractivity contribution in [1.29, 1.82) is 5.26 Å². The second-order valence-corrected chi connectivity index (χ2v) is 5.50. The van der Waals surface area contributed by atoms with Gasteiger partial charge in [-0.15, -0.1) is 0 Å². The van der Waals surface area contributed by atoms with Gasteiger partial charge in [0.2, 0.25) is 0 Å². The van der Waals surface area contributed by atoms with Crippen molar-refractivity contribution < 1.29 is 14.3 Å². The number of carbonyl (C=O) groups excluding carboxylic acids is 1. The molecule has 0 amide bonds. The predicted molar refractivity (Wildman–Crippen MR) is 83.3 cm³/mol. The van der Waals surface area contributed by atoms with Crippen LogP contribution in [0.3, 0.4) is 0 Å². The van der Waals surface area contributed by atoms with Gasteiger partial charge in [-0.25, -0.2) is 14.3 Å². The zero-order chi connectivity index (χ0) is 17.0. The number of fused-ring (bicyclic) bond motifs is 1. The summed E-state index contributed by atoms with van der Waals surface area (Å²) < 4.78 is 11.7. The monoisotopic (exact) mass is 316 g/mol. The molecular formula is C16H20N4O3. The van der Waals surface area contributed by atoms with E-state index in [0.717, 1.165) is 5.56 Å². The van der Waals surface area contributed by atoms with Gasteiger partial charge in [0.05, 0.1) is 24.1 Å². The molecule has 0 spiro atoms. The van der Waals surface area contributed by atoms with Gasteiger partial charge >= 0.3 is 5.97 Å². The van der Waals surface area contributed by atoms with Crippen LogP contribution in [0.15, 0.2) is 6.20 Å². The quantitative estimate of drug-likeness (QED) is 0.599. The molecule has 0 aromatic carbocycles. The van der Waals surface area contributed by atoms with Crippen LogP contribution in [0.4, 0.5) is 0 Å². The smallest absolute Gasteiger partial charge is 0.340 e. The standard InChI is InChI=1S/C16H20N4O3/c1-10(2)14-12(16(21)23-7-5-6-22-4)9-18-20-13(8-17)11(3)19-15(14)20/h9-10H,5-7H2,1-4H3. The maximum atomic E-state index is 12.3. The summed E-state index contributed by atoms with van der Waals surface area (Å²) in [7, 11) is 1.60. The molecule has 23 heavy (non-hydrogen) atoms. The fraction of sp³-hybridized carbons (Fsp3) is 0.500. The van der Waals surface area contributed by atoms with E-state index in [4.69, 9.17) is 9.47 Å². The molecule has 7 nitrogen and oxygen atoms in total. The Bertz CT molecular complexity index is 759. The van der Waals surface area contributed by atoms with Crippen LogP contribution in [0.25, 0.3) is 5.65 Å². The molecule has 0 unspecified atom stereocenters. The fourth-order valence-electron chi connectivity index (χ4n) is 2.42. The molecule has 2 heterocycles. The van der Waals surface area contributed by atoms with E-state index in [2.05, 4.69) is 16.2 Å². The number of ether oxygens (including phenoxy) is 2. The van der Waals surface area contributed by atoms with Gasteiger partial charge in [-0.1, -0.05) is 13.8 Å². The first-order valence-electron chi connectivity index (χ1n) is 7.45. The molecule has 0 atom stereocenters. The number of aromatic nitrogens is 3. The summed E-state index contributed by atoms with van der Waals surface area (Å²) >= 11 is 0. The molecule has 2 aromatic heterocycles. The average Bonchev–Trinajstić information content (AvgIpc) is 2.84. The molecule has 2 rings (SSSR count). The van der Waals surface area contributed by atoms with Crippen molar-refractivity contribution in [3.05, 3.63) is 28.7 Å². The molecule has 0 aliphatic heterocycles. The van der Waals surface area contributed by atoms with Crippen LogP contribution in [-0.4, -0.2) is 40.9 Å². The lowest BCUT2D eigenvalue weighted by atomic mass is 10.00. The Hall–Kier alpha value is -2.46. The molecule has 0 saturated carbocycles. The largest absolute Gasteiger partial charge is 0.462 e. The summed E-state index contributed by atoms with van der Waals surface area (Å²) in [6, 6.07) is 2.09. The van der Waals surface area contributed by atoms with Crippen molar-refractivity contribution in [2.75, 3.05) is 20.3 Å². The summed E-state index contributed by atoms with van der Waals surface area (Å²) in [4.78, 5) is 16.7. The Morgan fingerprint density at radius 3 is 2.78 bits per heavy atom. The lowest BCUT2D eigenvalue weighted by molar-refractivity contribution is 0.0466. The van der Waals surface area contributed by atoms with E-state index >= 15 is 0 Å². The highest BCUT2D eigenvalue weighted by Gasteiger charge is 2.22. The van der Waals surface area contributed by atoms with Crippen LogP contribution >= 0.6 is 0 Å². The Kier molecular flexibility index (Phi) is 5.29. The molecule has 122 valence electrons. The summed E-state index contributed by atoms with van der Waals surface area (Å²) in [5.41, 5.74) is 2.62. The van der Waals surface area contributed by atoms with E-state index in [1.807, 2.05) is 13.8 Å². The average molecular weight is 316 g/mol. The highest BCUT2D eigenvalue weighted by Crippen LogP contribution is 2.25. The van der Waals surface area contributed by atoms with Gasteiger partial charge in [0.25, 0.3) is 0 Å². The number of rotatable bonds is 6. The number of methoxy groups -OCH3 is 1. The molecule has 0 bridgehead atoms. The molecule has 7 heteroatoms. The van der Waals surface area contributed by atoms with Gasteiger partial charge in [-0.2, -0.15) is 10.4 Å². The van der Waals surface area contributed by atoms with E-state index in [1.165, 1.54) is 10.7 Å². The van der Waals surface area contributed by atoms with Crippen LogP contribution in [0.5, 0.6) is 0 Å². The van der Waals surface area contributed by atoms with Gasteiger partial charge in [-0.05, 0) is 12.8 Å². The second-order valence-electron chi connectivity index (χ2n) is 5.50. The number of nitriles is 1. The number of carbonyl (C=O) groups is 1. The van der Waals surface area contributed by atoms with E-state index in [-0.39, 0.29) is 12.5 Å². The highest BCUT2D eigenvalue weighted by molar-refractivity contribution is 5.92. The van der Waals surface area contributed by atoms with Crippen LogP contribution < -0.4 is 0 Å². The molecule has 0 saturated heterocycles. The molecule has 0 N–H and O–H groups in total. The van der Waals surface area contributed by atoms with Crippen LogP contribution in [0, 0.1) is 18.3 Å². The molecule has 2 aromatic rings. The fourth-order valence-corrected chi connectivity index (χ4v) is 2.42. The van der Waals surface area contributed by atoms with E-state index in [9.17, 15) is 10.1 Å². The summed E-state index contributed by atoms with van der Waals surface area (Å²) in [6.07, 6.45) is 2.08. The maximum absolute atomic E-state index is 12.3. The Morgan fingerprint density at radius 2 is 2.17 bits per heavy atom. The number of nitrogens with zero attached hydrogens (tertiary/aromatic N) is 4. The van der Waals surface area contributed by atoms with E-state index in [1.54, 1.807) is 14.0 Å². The summed E-state index contributed by atoms with van der Waals surface area (Å²) in [5.74, 6) is -0.394. The predicted octanol–water partition coefficient (Wildman–Crippen LogP) is 2.23. The van der Waals surface area contributed by atoms with Gasteiger partial charge in [0.15, 0.2) is 11.3 Å². The minimum atomic E-state index is -0.432. The van der Waals surface area contributed by atoms with Gasteiger partial charge in [0, 0.05) is 25.7 Å². The first-order valence-corrected chi connectivity index (χ1v) is 7.45. The Labute approximate surface area is 134 Å². The number of esters is 1. The lowest BCUT2D eigenvalue weighted by Gasteiger charge is -2.13. The Balaban J connectivity index is 2.43. The van der Waals surface area contributed by atoms with Crippen molar-refractivity contribution in [3.63, 3.8) is 0 Å². The second kappa shape index (κ2) is 7.20. The van der Waals surface area contributed by atoms with Gasteiger partial charge in [0.1, 0.15) is 6.07 Å². The number of aryl methyl sites for hydroxylation is 1. The maximum Gasteiger partial charge on any atom is 0.340 e. The highest BCUT2D eigenvalue weighted by atomic mass is 16.5. The summed E-state index contributed by atoms with van der Waals surface area (Å²) in [6.45, 7) is 6.50. The number of hydrogen-bond donors (Lipinski definition) is 0. The molecule has 0 aliphatic rings. The topological polar surface area (TPSA) is 89.5 Å². The molecule has 0 aliphatic carbocycles. The number of imidazole rings is 1. The molecule has 0 fully saturated rings. The lowest BCUT2D eigenvalue weighted by Crippen LogP contribution is -2.14. The van der Waals surface area contributed by atoms with Crippen LogP contribution in [-0.2, 0) is 9.47 Å². The third-order valence-electron chi connectivity index (χ3n) is 3.49. The van der Waals surface area contributed by atoms with Crippen molar-refractivity contribution in [2.24, 2.45) is 0 Å². The first-order chi connectivity index (χ1) is 11.0. The van der Waals surface area contributed by atoms with Crippen LogP contribution in [0.1, 0.15) is 53.5 Å². The zero-order valence-electron chi connectivity index (χ0n) is 13.8. The minimum absolute atomic E-state index is 0.0374.